The molecule has 4 aromatic rings. The Bertz CT molecular complexity index is 1390. The molecule has 1 amide bonds. The fraction of sp³-hybridized carbons (Fsp3) is 0.267. The predicted molar refractivity (Wildman–Crippen MR) is 157 cm³/mol. The van der Waals surface area contributed by atoms with Gasteiger partial charge < -0.3 is 15.2 Å². The minimum atomic E-state index is -0.319. The second-order valence-corrected chi connectivity index (χ2v) is 10.8. The zero-order valence-electron chi connectivity index (χ0n) is 21.4. The molecule has 0 unspecified atom stereocenters. The number of nitrogens with zero attached hydrogens (tertiary/aromatic N) is 3. The molecule has 0 saturated carbocycles. The number of halogens is 3. The van der Waals surface area contributed by atoms with Crippen LogP contribution < -0.4 is 5.73 Å². The van der Waals surface area contributed by atoms with Crippen molar-refractivity contribution in [3.63, 3.8) is 0 Å². The number of amides is 1. The summed E-state index contributed by atoms with van der Waals surface area (Å²) in [5.74, 6) is 0.710. The molecular formula is C30H31Cl3N4O. The number of hydrogen-bond donors (Lipinski definition) is 1. The molecule has 0 fully saturated rings. The number of imidazole rings is 1. The van der Waals surface area contributed by atoms with Gasteiger partial charge >= 0.3 is 0 Å². The van der Waals surface area contributed by atoms with Crippen LogP contribution in [0.25, 0.3) is 11.3 Å². The lowest BCUT2D eigenvalue weighted by Crippen LogP contribution is -2.40. The largest absolute Gasteiger partial charge is 0.330 e. The van der Waals surface area contributed by atoms with Gasteiger partial charge in [0.1, 0.15) is 5.82 Å². The van der Waals surface area contributed by atoms with E-state index >= 15 is 0 Å². The number of rotatable bonds is 10. The molecular weight excluding hydrogens is 539 g/mol. The van der Waals surface area contributed by atoms with Gasteiger partial charge in [0.25, 0.3) is 5.91 Å². The number of benzene rings is 3. The maximum atomic E-state index is 14.0. The third-order valence-corrected chi connectivity index (χ3v) is 7.36. The highest BCUT2D eigenvalue weighted by Gasteiger charge is 2.32. The van der Waals surface area contributed by atoms with Gasteiger partial charge in [0, 0.05) is 35.4 Å². The van der Waals surface area contributed by atoms with Crippen LogP contribution >= 0.6 is 34.8 Å². The Morgan fingerprint density at radius 3 is 2.39 bits per heavy atom. The molecule has 4 rings (SSSR count). The van der Waals surface area contributed by atoms with Crippen molar-refractivity contribution < 1.29 is 4.79 Å². The van der Waals surface area contributed by atoms with Gasteiger partial charge in [-0.15, -0.1) is 0 Å². The standard InChI is InChI=1S/C30H31Cl3N4O/c1-20(2)28(37(15-7-14-34)30(38)23-12-13-25(32)26(33)17-23)29-35-27(22-10-6-11-24(31)16-22)19-36(29)18-21-8-4-3-5-9-21/h3-6,8-13,16-17,19-20,28H,7,14-15,18,34H2,1-2H3/t28-/m1/s1. The average Bonchev–Trinajstić information content (AvgIpc) is 3.31. The van der Waals surface area contributed by atoms with Crippen LogP contribution in [-0.2, 0) is 6.54 Å². The molecule has 0 bridgehead atoms. The van der Waals surface area contributed by atoms with E-state index in [9.17, 15) is 4.79 Å². The van der Waals surface area contributed by atoms with E-state index in [-0.39, 0.29) is 17.9 Å². The minimum Gasteiger partial charge on any atom is -0.330 e. The molecule has 3 aromatic carbocycles. The lowest BCUT2D eigenvalue weighted by molar-refractivity contribution is 0.0604. The first-order valence-electron chi connectivity index (χ1n) is 12.6. The first-order valence-corrected chi connectivity index (χ1v) is 13.7. The Kier molecular flexibility index (Phi) is 9.50. The van der Waals surface area contributed by atoms with E-state index < -0.39 is 0 Å². The molecule has 198 valence electrons. The van der Waals surface area contributed by atoms with Gasteiger partial charge in [0.2, 0.25) is 0 Å². The maximum Gasteiger partial charge on any atom is 0.254 e. The van der Waals surface area contributed by atoms with Gasteiger partial charge in [-0.3, -0.25) is 4.79 Å². The Morgan fingerprint density at radius 1 is 0.974 bits per heavy atom. The van der Waals surface area contributed by atoms with E-state index in [1.165, 1.54) is 0 Å². The van der Waals surface area contributed by atoms with E-state index in [0.717, 1.165) is 22.6 Å². The topological polar surface area (TPSA) is 64.2 Å². The van der Waals surface area contributed by atoms with Crippen molar-refractivity contribution in [2.45, 2.75) is 32.9 Å². The number of carbonyl (C=O) groups is 1. The van der Waals surface area contributed by atoms with Gasteiger partial charge in [0.15, 0.2) is 0 Å². The summed E-state index contributed by atoms with van der Waals surface area (Å²) in [5, 5.41) is 1.38. The van der Waals surface area contributed by atoms with Crippen molar-refractivity contribution in [1.82, 2.24) is 14.5 Å². The summed E-state index contributed by atoms with van der Waals surface area (Å²) in [5.41, 5.74) is 9.21. The van der Waals surface area contributed by atoms with Crippen molar-refractivity contribution >= 4 is 40.7 Å². The zero-order chi connectivity index (χ0) is 27.2. The van der Waals surface area contributed by atoms with Crippen molar-refractivity contribution in [1.29, 1.82) is 0 Å². The Balaban J connectivity index is 1.83. The lowest BCUT2D eigenvalue weighted by atomic mass is 9.99. The molecule has 0 aliphatic rings. The van der Waals surface area contributed by atoms with Crippen LogP contribution in [0.3, 0.4) is 0 Å². The lowest BCUT2D eigenvalue weighted by Gasteiger charge is -2.34. The molecule has 1 aromatic heterocycles. The summed E-state index contributed by atoms with van der Waals surface area (Å²) in [7, 11) is 0. The normalized spacial score (nSPS) is 12.1. The van der Waals surface area contributed by atoms with Crippen molar-refractivity contribution in [3.05, 3.63) is 111 Å². The fourth-order valence-electron chi connectivity index (χ4n) is 4.58. The number of hydrogen-bond acceptors (Lipinski definition) is 3. The molecule has 5 nitrogen and oxygen atoms in total. The average molecular weight is 570 g/mol. The second-order valence-electron chi connectivity index (χ2n) is 9.57. The molecule has 0 aliphatic carbocycles. The summed E-state index contributed by atoms with van der Waals surface area (Å²) < 4.78 is 2.13. The predicted octanol–water partition coefficient (Wildman–Crippen LogP) is 7.75. The van der Waals surface area contributed by atoms with Crippen molar-refractivity contribution in [2.75, 3.05) is 13.1 Å². The van der Waals surface area contributed by atoms with Crippen LogP contribution in [0.5, 0.6) is 0 Å². The van der Waals surface area contributed by atoms with Crippen LogP contribution in [0.15, 0.2) is 79.0 Å². The van der Waals surface area contributed by atoms with E-state index in [1.807, 2.05) is 53.6 Å². The van der Waals surface area contributed by atoms with E-state index in [2.05, 4.69) is 30.5 Å². The first-order chi connectivity index (χ1) is 18.3. The monoisotopic (exact) mass is 568 g/mol. The number of carbonyl (C=O) groups excluding carboxylic acids is 1. The SMILES string of the molecule is CC(C)[C@H](c1nc(-c2cccc(Cl)c2)cn1Cc1ccccc1)N(CCCN)C(=O)c1ccc(Cl)c(Cl)c1. The smallest absolute Gasteiger partial charge is 0.254 e. The molecule has 2 N–H and O–H groups in total. The Hall–Kier alpha value is -2.83. The molecule has 0 spiro atoms. The summed E-state index contributed by atoms with van der Waals surface area (Å²) >= 11 is 18.7. The Labute approximate surface area is 239 Å². The quantitative estimate of drug-likeness (QED) is 0.212. The molecule has 38 heavy (non-hydrogen) atoms. The van der Waals surface area contributed by atoms with Crippen molar-refractivity contribution in [2.24, 2.45) is 11.7 Å². The third kappa shape index (κ3) is 6.59. The molecule has 1 atom stereocenters. The van der Waals surface area contributed by atoms with Crippen LogP contribution in [0.4, 0.5) is 0 Å². The summed E-state index contributed by atoms with van der Waals surface area (Å²) in [6.07, 6.45) is 2.69. The van der Waals surface area contributed by atoms with Gasteiger partial charge in [-0.05, 0) is 54.8 Å². The highest BCUT2D eigenvalue weighted by atomic mass is 35.5. The summed E-state index contributed by atoms with van der Waals surface area (Å²) in [6.45, 7) is 5.75. The highest BCUT2D eigenvalue weighted by molar-refractivity contribution is 6.42. The summed E-state index contributed by atoms with van der Waals surface area (Å²) in [4.78, 5) is 20.9. The summed E-state index contributed by atoms with van der Waals surface area (Å²) in [6, 6.07) is 22.5. The van der Waals surface area contributed by atoms with Gasteiger partial charge in [-0.25, -0.2) is 4.98 Å². The van der Waals surface area contributed by atoms with Crippen molar-refractivity contribution in [3.8, 4) is 11.3 Å². The number of nitrogens with two attached hydrogens (primary N) is 1. The molecule has 8 heteroatoms. The number of aromatic nitrogens is 2. The van der Waals surface area contributed by atoms with Gasteiger partial charge in [0.05, 0.1) is 21.8 Å². The Morgan fingerprint density at radius 2 is 1.74 bits per heavy atom. The molecule has 0 aliphatic heterocycles. The highest BCUT2D eigenvalue weighted by Crippen LogP contribution is 2.34. The third-order valence-electron chi connectivity index (χ3n) is 6.39. The first kappa shape index (κ1) is 28.2. The minimum absolute atomic E-state index is 0.0589. The van der Waals surface area contributed by atoms with Crippen LogP contribution in [0.1, 0.15) is 48.1 Å². The van der Waals surface area contributed by atoms with Crippen LogP contribution in [0.2, 0.25) is 15.1 Å². The van der Waals surface area contributed by atoms with Gasteiger partial charge in [-0.1, -0.05) is 91.1 Å². The van der Waals surface area contributed by atoms with E-state index in [0.29, 0.717) is 46.7 Å². The van der Waals surface area contributed by atoms with Crippen LogP contribution in [-0.4, -0.2) is 33.4 Å². The van der Waals surface area contributed by atoms with E-state index in [1.54, 1.807) is 18.2 Å². The molecule has 0 saturated heterocycles. The molecule has 1 heterocycles. The second kappa shape index (κ2) is 12.8. The fourth-order valence-corrected chi connectivity index (χ4v) is 5.07. The maximum absolute atomic E-state index is 14.0. The zero-order valence-corrected chi connectivity index (χ0v) is 23.7. The molecule has 0 radical (unpaired) electrons. The van der Waals surface area contributed by atoms with Crippen LogP contribution in [0, 0.1) is 5.92 Å². The van der Waals surface area contributed by atoms with E-state index in [4.69, 9.17) is 45.5 Å². The van der Waals surface area contributed by atoms with Gasteiger partial charge in [-0.2, -0.15) is 0 Å².